The van der Waals surface area contributed by atoms with E-state index in [1.165, 1.54) is 7.11 Å². The first-order chi connectivity index (χ1) is 6.45. The number of halogens is 3. The molecule has 0 fully saturated rings. The van der Waals surface area contributed by atoms with Crippen molar-refractivity contribution >= 4 is 40.6 Å². The third kappa shape index (κ3) is 2.77. The summed E-state index contributed by atoms with van der Waals surface area (Å²) in [5.74, 6) is 0.0935. The molecule has 0 aliphatic rings. The van der Waals surface area contributed by atoms with Crippen molar-refractivity contribution in [1.29, 1.82) is 0 Å². The van der Waals surface area contributed by atoms with E-state index in [1.807, 2.05) is 0 Å². The molecule has 0 bridgehead atoms. The summed E-state index contributed by atoms with van der Waals surface area (Å²) in [5.41, 5.74) is 0.339. The lowest BCUT2D eigenvalue weighted by Gasteiger charge is -2.09. The number of carbonyl (C=O) groups is 1. The van der Waals surface area contributed by atoms with E-state index in [0.717, 1.165) is 0 Å². The Bertz CT molecular complexity index is 327. The molecule has 0 saturated heterocycles. The third-order valence-corrected chi connectivity index (χ3v) is 2.12. The molecule has 1 aromatic carbocycles. The molecule has 0 amide bonds. The van der Waals surface area contributed by atoms with E-state index < -0.39 is 9.58 Å². The lowest BCUT2D eigenvalue weighted by atomic mass is 10.1. The van der Waals surface area contributed by atoms with Crippen molar-refractivity contribution in [3.8, 4) is 5.75 Å². The van der Waals surface area contributed by atoms with Crippen molar-refractivity contribution in [3.63, 3.8) is 0 Å². The van der Waals surface area contributed by atoms with E-state index in [9.17, 15) is 4.79 Å². The zero-order valence-corrected chi connectivity index (χ0v) is 9.53. The average molecular weight is 254 g/mol. The smallest absolute Gasteiger partial charge is 0.253 e. The van der Waals surface area contributed by atoms with Crippen LogP contribution in [0.1, 0.15) is 10.4 Å². The number of benzene rings is 1. The van der Waals surface area contributed by atoms with E-state index in [0.29, 0.717) is 11.3 Å². The molecule has 76 valence electrons. The monoisotopic (exact) mass is 252 g/mol. The third-order valence-electron chi connectivity index (χ3n) is 1.61. The molecule has 0 N–H and O–H groups in total. The fourth-order valence-electron chi connectivity index (χ4n) is 0.906. The maximum absolute atomic E-state index is 11.4. The van der Waals surface area contributed by atoms with Gasteiger partial charge in [-0.25, -0.2) is 0 Å². The second-order valence-corrected chi connectivity index (χ2v) is 4.84. The summed E-state index contributed by atoms with van der Waals surface area (Å²) in [7, 11) is 1.53. The summed E-state index contributed by atoms with van der Waals surface area (Å²) in [6.07, 6.45) is 0. The molecule has 0 aromatic heterocycles. The number of hydrogen-bond acceptors (Lipinski definition) is 2. The first-order valence-corrected chi connectivity index (χ1v) is 4.84. The van der Waals surface area contributed by atoms with Crippen molar-refractivity contribution < 1.29 is 9.53 Å². The van der Waals surface area contributed by atoms with Crippen LogP contribution in [0.2, 0.25) is 0 Å². The number of ketones is 1. The van der Waals surface area contributed by atoms with E-state index in [2.05, 4.69) is 0 Å². The quantitative estimate of drug-likeness (QED) is 0.597. The van der Waals surface area contributed by atoms with Crippen molar-refractivity contribution in [2.75, 3.05) is 7.11 Å². The molecule has 0 saturated carbocycles. The fraction of sp³-hybridized carbons (Fsp3) is 0.222. The standard InChI is InChI=1S/C9H7Cl3O2/c1-14-7-4-2-6(3-5-7)8(13)9(10,11)12/h2-5H,1H3. The van der Waals surface area contributed by atoms with Crippen LogP contribution in [0.4, 0.5) is 0 Å². The van der Waals surface area contributed by atoms with Crippen LogP contribution in [-0.4, -0.2) is 16.7 Å². The van der Waals surface area contributed by atoms with Gasteiger partial charge in [-0.3, -0.25) is 4.79 Å². The highest BCUT2D eigenvalue weighted by Gasteiger charge is 2.31. The van der Waals surface area contributed by atoms with Gasteiger partial charge in [-0.15, -0.1) is 0 Å². The van der Waals surface area contributed by atoms with Crippen LogP contribution in [0.15, 0.2) is 24.3 Å². The van der Waals surface area contributed by atoms with E-state index in [-0.39, 0.29) is 0 Å². The van der Waals surface area contributed by atoms with Crippen molar-refractivity contribution in [2.24, 2.45) is 0 Å². The Morgan fingerprint density at radius 1 is 1.21 bits per heavy atom. The van der Waals surface area contributed by atoms with E-state index in [1.54, 1.807) is 24.3 Å². The van der Waals surface area contributed by atoms with Gasteiger partial charge in [-0.2, -0.15) is 0 Å². The van der Waals surface area contributed by atoms with Crippen LogP contribution in [-0.2, 0) is 0 Å². The summed E-state index contributed by atoms with van der Waals surface area (Å²) in [6.45, 7) is 0. The zero-order chi connectivity index (χ0) is 10.8. The van der Waals surface area contributed by atoms with Crippen LogP contribution < -0.4 is 4.74 Å². The Kier molecular flexibility index (Phi) is 3.65. The predicted molar refractivity (Wildman–Crippen MR) is 57.6 cm³/mol. The van der Waals surface area contributed by atoms with Gasteiger partial charge in [-0.05, 0) is 24.3 Å². The number of hydrogen-bond donors (Lipinski definition) is 0. The van der Waals surface area contributed by atoms with Crippen LogP contribution in [0.3, 0.4) is 0 Å². The molecule has 14 heavy (non-hydrogen) atoms. The molecule has 0 unspecified atom stereocenters. The van der Waals surface area contributed by atoms with Crippen LogP contribution in [0.5, 0.6) is 5.75 Å². The Hall–Kier alpha value is -0.440. The van der Waals surface area contributed by atoms with Crippen molar-refractivity contribution in [3.05, 3.63) is 29.8 Å². The van der Waals surface area contributed by atoms with Gasteiger partial charge in [0.15, 0.2) is 0 Å². The summed E-state index contributed by atoms with van der Waals surface area (Å²) in [4.78, 5) is 11.4. The van der Waals surface area contributed by atoms with Gasteiger partial charge >= 0.3 is 0 Å². The summed E-state index contributed by atoms with van der Waals surface area (Å²) >= 11 is 16.3. The number of alkyl halides is 3. The lowest BCUT2D eigenvalue weighted by Crippen LogP contribution is -2.18. The molecule has 0 spiro atoms. The van der Waals surface area contributed by atoms with Crippen LogP contribution >= 0.6 is 34.8 Å². The molecule has 1 aromatic rings. The highest BCUT2D eigenvalue weighted by atomic mass is 35.6. The van der Waals surface area contributed by atoms with Gasteiger partial charge in [0.1, 0.15) is 5.75 Å². The van der Waals surface area contributed by atoms with E-state index >= 15 is 0 Å². The number of rotatable bonds is 2. The van der Waals surface area contributed by atoms with E-state index in [4.69, 9.17) is 39.5 Å². The molecule has 1 rings (SSSR count). The molecule has 5 heteroatoms. The second-order valence-electron chi connectivity index (χ2n) is 2.56. The summed E-state index contributed by atoms with van der Waals surface area (Å²) in [6, 6.07) is 6.35. The predicted octanol–water partition coefficient (Wildman–Crippen LogP) is 3.25. The molecule has 2 nitrogen and oxygen atoms in total. The Morgan fingerprint density at radius 2 is 1.71 bits per heavy atom. The molecule has 0 aliphatic carbocycles. The van der Waals surface area contributed by atoms with Crippen molar-refractivity contribution in [2.45, 2.75) is 3.79 Å². The van der Waals surface area contributed by atoms with Crippen LogP contribution in [0.25, 0.3) is 0 Å². The molecular formula is C9H7Cl3O2. The minimum atomic E-state index is -1.91. The highest BCUT2D eigenvalue weighted by Crippen LogP contribution is 2.30. The first kappa shape index (κ1) is 11.6. The zero-order valence-electron chi connectivity index (χ0n) is 7.26. The normalized spacial score (nSPS) is 11.1. The molecule has 0 heterocycles. The number of methoxy groups -OCH3 is 1. The lowest BCUT2D eigenvalue weighted by molar-refractivity contribution is 0.0996. The fourth-order valence-corrected chi connectivity index (χ4v) is 1.23. The SMILES string of the molecule is COc1ccc(C(=O)C(Cl)(Cl)Cl)cc1. The van der Waals surface area contributed by atoms with Gasteiger partial charge < -0.3 is 4.74 Å². The largest absolute Gasteiger partial charge is 0.497 e. The number of ether oxygens (including phenoxy) is 1. The average Bonchev–Trinajstić information content (AvgIpc) is 2.15. The summed E-state index contributed by atoms with van der Waals surface area (Å²) in [5, 5.41) is 0. The maximum Gasteiger partial charge on any atom is 0.253 e. The Balaban J connectivity index is 2.93. The number of carbonyl (C=O) groups excluding carboxylic acids is 1. The molecule has 0 radical (unpaired) electrons. The minimum Gasteiger partial charge on any atom is -0.497 e. The molecule has 0 atom stereocenters. The first-order valence-electron chi connectivity index (χ1n) is 3.70. The number of Topliss-reactive ketones (excluding diaryl/α,β-unsaturated/α-hetero) is 1. The molecule has 0 aliphatic heterocycles. The van der Waals surface area contributed by atoms with Gasteiger partial charge in [0.05, 0.1) is 7.11 Å². The maximum atomic E-state index is 11.4. The highest BCUT2D eigenvalue weighted by molar-refractivity contribution is 6.77. The van der Waals surface area contributed by atoms with Gasteiger partial charge in [-0.1, -0.05) is 34.8 Å². The van der Waals surface area contributed by atoms with Crippen molar-refractivity contribution in [1.82, 2.24) is 0 Å². The van der Waals surface area contributed by atoms with Crippen LogP contribution in [0, 0.1) is 0 Å². The van der Waals surface area contributed by atoms with Gasteiger partial charge in [0.25, 0.3) is 3.79 Å². The summed E-state index contributed by atoms with van der Waals surface area (Å²) < 4.78 is 3.02. The second kappa shape index (κ2) is 4.39. The Morgan fingerprint density at radius 3 is 2.07 bits per heavy atom. The topological polar surface area (TPSA) is 26.3 Å². The molecular weight excluding hydrogens is 246 g/mol. The minimum absolute atomic E-state index is 0.339. The van der Waals surface area contributed by atoms with Gasteiger partial charge in [0.2, 0.25) is 5.78 Å². The van der Waals surface area contributed by atoms with Gasteiger partial charge in [0, 0.05) is 5.56 Å². The Labute approximate surface area is 96.7 Å².